The van der Waals surface area contributed by atoms with Gasteiger partial charge in [0.1, 0.15) is 4.88 Å². The maximum atomic E-state index is 13.2. The van der Waals surface area contributed by atoms with E-state index < -0.39 is 15.9 Å². The number of sulfonamides is 1. The minimum Gasteiger partial charge on any atom is -0.345 e. The number of hydroxylamine groups is 1. The third kappa shape index (κ3) is 6.75. The van der Waals surface area contributed by atoms with Crippen molar-refractivity contribution in [1.82, 2.24) is 19.7 Å². The van der Waals surface area contributed by atoms with Gasteiger partial charge >= 0.3 is 0 Å². The number of benzene rings is 2. The molecular weight excluding hydrogens is 534 g/mol. The predicted octanol–water partition coefficient (Wildman–Crippen LogP) is 3.48. The Bertz CT molecular complexity index is 1320. The average molecular weight is 564 g/mol. The summed E-state index contributed by atoms with van der Waals surface area (Å²) in [5, 5.41) is 9.39. The number of hydrogen-bond donors (Lipinski definition) is 2. The molecule has 9 nitrogen and oxygen atoms in total. The van der Waals surface area contributed by atoms with Crippen LogP contribution in [0.5, 0.6) is 0 Å². The number of halogens is 1. The summed E-state index contributed by atoms with van der Waals surface area (Å²) in [5.41, 5.74) is 4.76. The fraction of sp³-hybridized carbons (Fsp3) is 0.280. The van der Waals surface area contributed by atoms with Gasteiger partial charge in [-0.3, -0.25) is 14.9 Å². The van der Waals surface area contributed by atoms with Gasteiger partial charge in [-0.15, -0.1) is 19.0 Å². The van der Waals surface area contributed by atoms with Gasteiger partial charge in [0.25, 0.3) is 5.91 Å². The summed E-state index contributed by atoms with van der Waals surface area (Å²) in [5.74, 6) is -0.616. The van der Waals surface area contributed by atoms with E-state index in [1.807, 2.05) is 42.3 Å². The number of piperazine rings is 1. The highest BCUT2D eigenvalue weighted by atomic mass is 35.5. The Kier molecular flexibility index (Phi) is 9.82. The van der Waals surface area contributed by atoms with Crippen LogP contribution in [0.1, 0.15) is 15.2 Å². The van der Waals surface area contributed by atoms with Crippen LogP contribution in [0.3, 0.4) is 0 Å². The van der Waals surface area contributed by atoms with Crippen LogP contribution in [0.15, 0.2) is 72.3 Å². The van der Waals surface area contributed by atoms with Gasteiger partial charge in [-0.2, -0.15) is 4.31 Å². The average Bonchev–Trinajstić information content (AvgIpc) is 3.39. The maximum absolute atomic E-state index is 13.2. The van der Waals surface area contributed by atoms with Crippen LogP contribution >= 0.6 is 23.7 Å². The van der Waals surface area contributed by atoms with Crippen LogP contribution in [0.25, 0.3) is 11.1 Å². The largest absolute Gasteiger partial charge is 0.345 e. The third-order valence-electron chi connectivity index (χ3n) is 5.97. The topological polar surface area (TPSA) is 106 Å². The lowest BCUT2D eigenvalue weighted by Crippen LogP contribution is -2.48. The fourth-order valence-corrected chi connectivity index (χ4v) is 6.38. The second kappa shape index (κ2) is 12.6. The zero-order chi connectivity index (χ0) is 25.7. The molecule has 1 saturated heterocycles. The summed E-state index contributed by atoms with van der Waals surface area (Å²) in [4.78, 5) is 20.4. The number of thiazole rings is 1. The Labute approximate surface area is 227 Å². The van der Waals surface area contributed by atoms with Gasteiger partial charge in [0.15, 0.2) is 5.13 Å². The SMILES string of the molecule is C=CCN(C)Cc1cccc(-c2ccc(S(=O)(=O)N3CCN(c4ncc(C(=O)NO)s4)CC3)cc2)c1.Cl. The first-order valence-electron chi connectivity index (χ1n) is 11.5. The molecule has 2 N–H and O–H groups in total. The highest BCUT2D eigenvalue weighted by molar-refractivity contribution is 7.89. The van der Waals surface area contributed by atoms with Crippen molar-refractivity contribution in [3.05, 3.63) is 77.8 Å². The zero-order valence-corrected chi connectivity index (χ0v) is 22.9. The lowest BCUT2D eigenvalue weighted by atomic mass is 10.0. The second-order valence-electron chi connectivity index (χ2n) is 8.55. The molecule has 1 aliphatic rings. The van der Waals surface area contributed by atoms with E-state index in [2.05, 4.69) is 28.6 Å². The van der Waals surface area contributed by atoms with E-state index >= 15 is 0 Å². The van der Waals surface area contributed by atoms with E-state index in [4.69, 9.17) is 5.21 Å². The summed E-state index contributed by atoms with van der Waals surface area (Å²) < 4.78 is 28.0. The molecule has 0 spiro atoms. The molecule has 1 aliphatic heterocycles. The number of carbonyl (C=O) groups is 1. The summed E-state index contributed by atoms with van der Waals surface area (Å²) in [6.45, 7) is 6.91. The maximum Gasteiger partial charge on any atom is 0.286 e. The van der Waals surface area contributed by atoms with Crippen molar-refractivity contribution < 1.29 is 18.4 Å². The zero-order valence-electron chi connectivity index (χ0n) is 20.4. The Balaban J connectivity index is 0.00000380. The second-order valence-corrected chi connectivity index (χ2v) is 11.5. The monoisotopic (exact) mass is 563 g/mol. The molecule has 1 fully saturated rings. The molecule has 4 rings (SSSR count). The van der Waals surface area contributed by atoms with Crippen molar-refractivity contribution in [2.75, 3.05) is 44.7 Å². The molecule has 1 amide bonds. The first kappa shape index (κ1) is 28.8. The molecule has 0 atom stereocenters. The Morgan fingerprint density at radius 2 is 1.86 bits per heavy atom. The molecule has 3 aromatic rings. The molecule has 12 heteroatoms. The van der Waals surface area contributed by atoms with Crippen LogP contribution in [0.4, 0.5) is 5.13 Å². The number of carbonyl (C=O) groups excluding carboxylic acids is 1. The molecule has 37 heavy (non-hydrogen) atoms. The van der Waals surface area contributed by atoms with Crippen molar-refractivity contribution in [2.45, 2.75) is 11.4 Å². The number of anilines is 1. The van der Waals surface area contributed by atoms with Crippen molar-refractivity contribution in [3.8, 4) is 11.1 Å². The molecule has 0 aliphatic carbocycles. The van der Waals surface area contributed by atoms with Crippen LogP contribution < -0.4 is 10.4 Å². The molecule has 0 radical (unpaired) electrons. The van der Waals surface area contributed by atoms with Crippen LogP contribution in [0.2, 0.25) is 0 Å². The number of nitrogens with one attached hydrogen (secondary N) is 1. The first-order valence-corrected chi connectivity index (χ1v) is 13.7. The van der Waals surface area contributed by atoms with Gasteiger partial charge in [0.2, 0.25) is 10.0 Å². The van der Waals surface area contributed by atoms with E-state index in [9.17, 15) is 13.2 Å². The van der Waals surface area contributed by atoms with Crippen LogP contribution in [-0.4, -0.2) is 73.5 Å². The molecule has 198 valence electrons. The van der Waals surface area contributed by atoms with Crippen molar-refractivity contribution in [3.63, 3.8) is 0 Å². The van der Waals surface area contributed by atoms with Gasteiger partial charge in [-0.05, 0) is 41.9 Å². The van der Waals surface area contributed by atoms with E-state index in [0.717, 1.165) is 35.6 Å². The van der Waals surface area contributed by atoms with E-state index in [1.54, 1.807) is 17.6 Å². The molecule has 2 heterocycles. The van der Waals surface area contributed by atoms with Crippen molar-refractivity contribution in [1.29, 1.82) is 0 Å². The summed E-state index contributed by atoms with van der Waals surface area (Å²) >= 11 is 1.15. The highest BCUT2D eigenvalue weighted by Gasteiger charge is 2.29. The molecular formula is C25H30ClN5O4S2. The number of amides is 1. The fourth-order valence-electron chi connectivity index (χ4n) is 4.11. The smallest absolute Gasteiger partial charge is 0.286 e. The highest BCUT2D eigenvalue weighted by Crippen LogP contribution is 2.27. The van der Waals surface area contributed by atoms with E-state index in [0.29, 0.717) is 31.3 Å². The van der Waals surface area contributed by atoms with Crippen LogP contribution in [0, 0.1) is 0 Å². The predicted molar refractivity (Wildman–Crippen MR) is 148 cm³/mol. The standard InChI is InChI=1S/C25H29N5O4S2.ClH/c1-3-11-28(2)18-19-5-4-6-21(16-19)20-7-9-22(10-8-20)36(33,34)30-14-12-29(13-15-30)25-26-17-23(35-25)24(31)27-32;/h3-10,16-17,32H,1,11-15,18H2,2H3,(H,27,31);1H. The lowest BCUT2D eigenvalue weighted by Gasteiger charge is -2.33. The Morgan fingerprint density at radius 1 is 1.16 bits per heavy atom. The number of likely N-dealkylation sites (N-methyl/N-ethyl adjacent to an activating group) is 1. The molecule has 2 aromatic carbocycles. The Morgan fingerprint density at radius 3 is 2.51 bits per heavy atom. The summed E-state index contributed by atoms with van der Waals surface area (Å²) in [7, 11) is -1.59. The van der Waals surface area contributed by atoms with Gasteiger partial charge < -0.3 is 4.90 Å². The van der Waals surface area contributed by atoms with Gasteiger partial charge in [-0.1, -0.05) is 47.7 Å². The van der Waals surface area contributed by atoms with Crippen molar-refractivity contribution >= 4 is 44.8 Å². The summed E-state index contributed by atoms with van der Waals surface area (Å²) in [6.07, 6.45) is 3.27. The van der Waals surface area contributed by atoms with Crippen LogP contribution in [-0.2, 0) is 16.6 Å². The van der Waals surface area contributed by atoms with Crippen molar-refractivity contribution in [2.24, 2.45) is 0 Å². The van der Waals surface area contributed by atoms with E-state index in [1.165, 1.54) is 16.1 Å². The minimum absolute atomic E-state index is 0. The lowest BCUT2D eigenvalue weighted by molar-refractivity contribution is 0.0710. The molecule has 1 aromatic heterocycles. The number of rotatable bonds is 9. The molecule has 0 unspecified atom stereocenters. The normalized spacial score (nSPS) is 14.3. The number of hydrogen-bond acceptors (Lipinski definition) is 8. The number of nitrogens with zero attached hydrogens (tertiary/aromatic N) is 4. The minimum atomic E-state index is -3.63. The first-order chi connectivity index (χ1) is 17.3. The Hall–Kier alpha value is -2.80. The van der Waals surface area contributed by atoms with Gasteiger partial charge in [0, 0.05) is 39.3 Å². The van der Waals surface area contributed by atoms with E-state index in [-0.39, 0.29) is 22.2 Å². The molecule has 0 bridgehead atoms. The number of aromatic nitrogens is 1. The van der Waals surface area contributed by atoms with Gasteiger partial charge in [0.05, 0.1) is 11.1 Å². The third-order valence-corrected chi connectivity index (χ3v) is 8.94. The van der Waals surface area contributed by atoms with Gasteiger partial charge in [-0.25, -0.2) is 18.9 Å². The quantitative estimate of drug-likeness (QED) is 0.233. The summed E-state index contributed by atoms with van der Waals surface area (Å²) in [6, 6.07) is 15.2. The molecule has 0 saturated carbocycles.